The Kier molecular flexibility index (Phi) is 1.96. The average Bonchev–Trinajstić information content (AvgIpc) is 2.57. The van der Waals surface area contributed by atoms with Crippen molar-refractivity contribution in [2.24, 2.45) is 0 Å². The molecule has 1 aliphatic carbocycles. The molecular formula is C12H12N2O2. The van der Waals surface area contributed by atoms with E-state index in [0.717, 1.165) is 0 Å². The molecule has 1 aliphatic rings. The number of carboxylic acids is 1. The second-order valence-corrected chi connectivity index (χ2v) is 4.29. The number of hydrogen-bond donors (Lipinski definition) is 1. The first-order valence-electron chi connectivity index (χ1n) is 5.46. The van der Waals surface area contributed by atoms with Crippen LogP contribution in [0.1, 0.15) is 41.2 Å². The van der Waals surface area contributed by atoms with E-state index >= 15 is 0 Å². The van der Waals surface area contributed by atoms with Gasteiger partial charge in [-0.1, -0.05) is 12.5 Å². The highest BCUT2D eigenvalue weighted by Gasteiger charge is 2.20. The minimum Gasteiger partial charge on any atom is -0.476 e. The molecule has 4 heteroatoms. The summed E-state index contributed by atoms with van der Waals surface area (Å²) in [6.07, 6.45) is 7.35. The molecule has 2 aromatic heterocycles. The van der Waals surface area contributed by atoms with Crippen LogP contribution in [0.4, 0.5) is 0 Å². The molecule has 0 unspecified atom stereocenters. The SMILES string of the molecule is O=C(O)c1cn2cc(C3CCC3)ccc2n1. The molecule has 0 spiro atoms. The summed E-state index contributed by atoms with van der Waals surface area (Å²) in [5.41, 5.74) is 2.08. The topological polar surface area (TPSA) is 54.6 Å². The molecule has 2 heterocycles. The molecule has 3 rings (SSSR count). The first-order valence-corrected chi connectivity index (χ1v) is 5.46. The largest absolute Gasteiger partial charge is 0.476 e. The second kappa shape index (κ2) is 3.33. The van der Waals surface area contributed by atoms with Crippen LogP contribution in [0.5, 0.6) is 0 Å². The molecule has 0 saturated heterocycles. The normalized spacial score (nSPS) is 16.2. The number of pyridine rings is 1. The van der Waals surface area contributed by atoms with Crippen molar-refractivity contribution in [1.29, 1.82) is 0 Å². The zero-order valence-electron chi connectivity index (χ0n) is 8.76. The lowest BCUT2D eigenvalue weighted by Crippen LogP contribution is -2.09. The van der Waals surface area contributed by atoms with Gasteiger partial charge in [-0.25, -0.2) is 9.78 Å². The fraction of sp³-hybridized carbons (Fsp3) is 0.333. The Balaban J connectivity index is 2.06. The van der Waals surface area contributed by atoms with Crippen LogP contribution < -0.4 is 0 Å². The predicted molar refractivity (Wildman–Crippen MR) is 58.7 cm³/mol. The van der Waals surface area contributed by atoms with Crippen molar-refractivity contribution in [3.63, 3.8) is 0 Å². The summed E-state index contributed by atoms with van der Waals surface area (Å²) in [6.45, 7) is 0. The Hall–Kier alpha value is -1.84. The maximum Gasteiger partial charge on any atom is 0.356 e. The van der Waals surface area contributed by atoms with E-state index in [1.165, 1.54) is 24.8 Å². The van der Waals surface area contributed by atoms with Crippen LogP contribution in [0.3, 0.4) is 0 Å². The third kappa shape index (κ3) is 1.38. The van der Waals surface area contributed by atoms with Crippen molar-refractivity contribution >= 4 is 11.6 Å². The molecule has 0 amide bonds. The van der Waals surface area contributed by atoms with E-state index in [1.54, 1.807) is 10.6 Å². The van der Waals surface area contributed by atoms with Crippen LogP contribution in [0.25, 0.3) is 5.65 Å². The van der Waals surface area contributed by atoms with Gasteiger partial charge in [0.15, 0.2) is 5.69 Å². The fourth-order valence-electron chi connectivity index (χ4n) is 2.10. The zero-order chi connectivity index (χ0) is 11.1. The molecule has 1 fully saturated rings. The van der Waals surface area contributed by atoms with Gasteiger partial charge in [-0.3, -0.25) is 0 Å². The first kappa shape index (κ1) is 9.39. The quantitative estimate of drug-likeness (QED) is 0.838. The Morgan fingerprint density at radius 3 is 2.81 bits per heavy atom. The third-order valence-corrected chi connectivity index (χ3v) is 3.27. The summed E-state index contributed by atoms with van der Waals surface area (Å²) in [6, 6.07) is 3.94. The fourth-order valence-corrected chi connectivity index (χ4v) is 2.10. The van der Waals surface area contributed by atoms with Gasteiger partial charge in [0.25, 0.3) is 0 Å². The summed E-state index contributed by atoms with van der Waals surface area (Å²) in [7, 11) is 0. The molecule has 4 nitrogen and oxygen atoms in total. The van der Waals surface area contributed by atoms with Gasteiger partial charge in [0.1, 0.15) is 5.65 Å². The van der Waals surface area contributed by atoms with Crippen molar-refractivity contribution in [1.82, 2.24) is 9.38 Å². The van der Waals surface area contributed by atoms with Gasteiger partial charge >= 0.3 is 5.97 Å². The molecule has 2 aromatic rings. The van der Waals surface area contributed by atoms with Crippen LogP contribution in [0, 0.1) is 0 Å². The van der Waals surface area contributed by atoms with E-state index in [9.17, 15) is 4.79 Å². The van der Waals surface area contributed by atoms with Gasteiger partial charge in [-0.2, -0.15) is 0 Å². The summed E-state index contributed by atoms with van der Waals surface area (Å²) in [5.74, 6) is -0.325. The van der Waals surface area contributed by atoms with Crippen molar-refractivity contribution in [2.45, 2.75) is 25.2 Å². The van der Waals surface area contributed by atoms with Gasteiger partial charge in [0.05, 0.1) is 0 Å². The lowest BCUT2D eigenvalue weighted by atomic mass is 9.81. The van der Waals surface area contributed by atoms with Crippen molar-refractivity contribution in [3.8, 4) is 0 Å². The molecule has 82 valence electrons. The number of imidazole rings is 1. The lowest BCUT2D eigenvalue weighted by molar-refractivity contribution is 0.0691. The van der Waals surface area contributed by atoms with E-state index in [0.29, 0.717) is 11.6 Å². The van der Waals surface area contributed by atoms with Crippen LogP contribution >= 0.6 is 0 Å². The minimum atomic E-state index is -0.978. The van der Waals surface area contributed by atoms with E-state index in [2.05, 4.69) is 11.1 Å². The van der Waals surface area contributed by atoms with Crippen molar-refractivity contribution < 1.29 is 9.90 Å². The van der Waals surface area contributed by atoms with Crippen LogP contribution in [-0.2, 0) is 0 Å². The van der Waals surface area contributed by atoms with E-state index in [1.807, 2.05) is 12.3 Å². The Morgan fingerprint density at radius 1 is 1.38 bits per heavy atom. The average molecular weight is 216 g/mol. The van der Waals surface area contributed by atoms with Gasteiger partial charge in [-0.05, 0) is 30.4 Å². The number of carbonyl (C=O) groups is 1. The first-order chi connectivity index (χ1) is 7.74. The summed E-state index contributed by atoms with van der Waals surface area (Å²) in [5, 5.41) is 8.85. The standard InChI is InChI=1S/C12H12N2O2/c15-12(16)10-7-14-6-9(8-2-1-3-8)4-5-11(14)13-10/h4-8H,1-3H2,(H,15,16). The number of fused-ring (bicyclic) bond motifs is 1. The molecule has 16 heavy (non-hydrogen) atoms. The molecule has 1 saturated carbocycles. The van der Waals surface area contributed by atoms with E-state index < -0.39 is 5.97 Å². The zero-order valence-corrected chi connectivity index (χ0v) is 8.76. The van der Waals surface area contributed by atoms with Gasteiger partial charge in [0, 0.05) is 12.4 Å². The van der Waals surface area contributed by atoms with Crippen LogP contribution in [-0.4, -0.2) is 20.5 Å². The maximum absolute atomic E-state index is 10.8. The van der Waals surface area contributed by atoms with E-state index in [-0.39, 0.29) is 5.69 Å². The summed E-state index contributed by atoms with van der Waals surface area (Å²) in [4.78, 5) is 14.8. The number of aromatic nitrogens is 2. The number of nitrogens with zero attached hydrogens (tertiary/aromatic N) is 2. The number of carboxylic acid groups (broad SMARTS) is 1. The van der Waals surface area contributed by atoms with Gasteiger partial charge in [0.2, 0.25) is 0 Å². The van der Waals surface area contributed by atoms with Crippen molar-refractivity contribution in [3.05, 3.63) is 35.8 Å². The molecular weight excluding hydrogens is 204 g/mol. The van der Waals surface area contributed by atoms with Gasteiger partial charge in [-0.15, -0.1) is 0 Å². The summed E-state index contributed by atoms with van der Waals surface area (Å²) >= 11 is 0. The number of rotatable bonds is 2. The highest BCUT2D eigenvalue weighted by molar-refractivity contribution is 5.86. The molecule has 0 radical (unpaired) electrons. The van der Waals surface area contributed by atoms with Crippen LogP contribution in [0.15, 0.2) is 24.5 Å². The Labute approximate surface area is 92.5 Å². The highest BCUT2D eigenvalue weighted by Crippen LogP contribution is 2.36. The predicted octanol–water partition coefficient (Wildman–Crippen LogP) is 2.30. The lowest BCUT2D eigenvalue weighted by Gasteiger charge is -2.25. The number of hydrogen-bond acceptors (Lipinski definition) is 2. The second-order valence-electron chi connectivity index (χ2n) is 4.29. The van der Waals surface area contributed by atoms with Crippen molar-refractivity contribution in [2.75, 3.05) is 0 Å². The van der Waals surface area contributed by atoms with Crippen LogP contribution in [0.2, 0.25) is 0 Å². The third-order valence-electron chi connectivity index (χ3n) is 3.27. The highest BCUT2D eigenvalue weighted by atomic mass is 16.4. The molecule has 0 atom stereocenters. The van der Waals surface area contributed by atoms with Gasteiger partial charge < -0.3 is 9.51 Å². The molecule has 0 aromatic carbocycles. The Bertz CT molecular complexity index is 555. The minimum absolute atomic E-state index is 0.103. The summed E-state index contributed by atoms with van der Waals surface area (Å²) < 4.78 is 1.80. The monoisotopic (exact) mass is 216 g/mol. The molecule has 0 aliphatic heterocycles. The smallest absolute Gasteiger partial charge is 0.356 e. The molecule has 0 bridgehead atoms. The number of aromatic carboxylic acids is 1. The molecule has 1 N–H and O–H groups in total. The Morgan fingerprint density at radius 2 is 2.19 bits per heavy atom. The maximum atomic E-state index is 10.8. The van der Waals surface area contributed by atoms with E-state index in [4.69, 9.17) is 5.11 Å².